The van der Waals surface area contributed by atoms with Crippen molar-refractivity contribution in [3.05, 3.63) is 35.9 Å². The lowest BCUT2D eigenvalue weighted by molar-refractivity contribution is -0.0211. The highest BCUT2D eigenvalue weighted by Crippen LogP contribution is 2.06. The van der Waals surface area contributed by atoms with Crippen molar-refractivity contribution in [2.24, 2.45) is 0 Å². The second-order valence-corrected chi connectivity index (χ2v) is 8.64. The van der Waals surface area contributed by atoms with Crippen molar-refractivity contribution in [2.45, 2.75) is 33.0 Å². The maximum absolute atomic E-state index is 11.5. The molecule has 0 aliphatic heterocycles. The van der Waals surface area contributed by atoms with E-state index in [1.54, 1.807) is 0 Å². The quantitative estimate of drug-likeness (QED) is 0.220. The topological polar surface area (TPSA) is 103 Å². The predicted molar refractivity (Wildman–Crippen MR) is 135 cm³/mol. The number of ether oxygens (including phenoxy) is 8. The molecule has 0 unspecified atom stereocenters. The van der Waals surface area contributed by atoms with Crippen LogP contribution in [0.3, 0.4) is 0 Å². The smallest absolute Gasteiger partial charge is 0.407 e. The summed E-state index contributed by atoms with van der Waals surface area (Å²) in [4.78, 5) is 11.5. The molecule has 208 valence electrons. The van der Waals surface area contributed by atoms with Gasteiger partial charge in [0.1, 0.15) is 5.60 Å². The number of carbonyl (C=O) groups excluding carboxylic acids is 1. The lowest BCUT2D eigenvalue weighted by Gasteiger charge is -2.19. The van der Waals surface area contributed by atoms with Crippen molar-refractivity contribution in [3.63, 3.8) is 0 Å². The van der Waals surface area contributed by atoms with E-state index in [2.05, 4.69) is 5.32 Å². The number of alkyl carbamates (subject to hydrolysis) is 1. The molecule has 0 radical (unpaired) electrons. The van der Waals surface area contributed by atoms with Gasteiger partial charge in [0.2, 0.25) is 0 Å². The third-order valence-corrected chi connectivity index (χ3v) is 4.26. The number of benzene rings is 1. The Labute approximate surface area is 215 Å². The van der Waals surface area contributed by atoms with Crippen LogP contribution in [0.15, 0.2) is 30.3 Å². The lowest BCUT2D eigenvalue weighted by Crippen LogP contribution is -2.34. The molecular formula is C26H45NO9. The second-order valence-electron chi connectivity index (χ2n) is 8.64. The van der Waals surface area contributed by atoms with Crippen molar-refractivity contribution in [1.29, 1.82) is 0 Å². The molecule has 1 aromatic rings. The molecule has 0 heterocycles. The van der Waals surface area contributed by atoms with E-state index in [9.17, 15) is 4.79 Å². The van der Waals surface area contributed by atoms with Crippen molar-refractivity contribution in [3.8, 4) is 0 Å². The molecule has 1 aromatic carbocycles. The van der Waals surface area contributed by atoms with Crippen LogP contribution in [0.2, 0.25) is 0 Å². The van der Waals surface area contributed by atoms with Crippen LogP contribution in [0, 0.1) is 0 Å². The number of amides is 1. The third kappa shape index (κ3) is 22.7. The zero-order valence-corrected chi connectivity index (χ0v) is 22.2. The summed E-state index contributed by atoms with van der Waals surface area (Å²) in [6.45, 7) is 13.0. The number of hydrogen-bond donors (Lipinski definition) is 1. The molecular weight excluding hydrogens is 470 g/mol. The van der Waals surface area contributed by atoms with E-state index < -0.39 is 11.7 Å². The van der Waals surface area contributed by atoms with Gasteiger partial charge in [0.05, 0.1) is 92.5 Å². The SMILES string of the molecule is CC(C)(C)OC(=O)NCCOCCOCCOCCOCCOCCOCCOCc1ccccc1. The number of carbonyl (C=O) groups is 1. The highest BCUT2D eigenvalue weighted by molar-refractivity contribution is 5.67. The molecule has 10 heteroatoms. The Hall–Kier alpha value is -1.79. The Morgan fingerprint density at radius 1 is 0.611 bits per heavy atom. The van der Waals surface area contributed by atoms with Gasteiger partial charge in [-0.2, -0.15) is 0 Å². The molecule has 1 amide bonds. The average molecular weight is 516 g/mol. The highest BCUT2D eigenvalue weighted by atomic mass is 16.6. The fraction of sp³-hybridized carbons (Fsp3) is 0.731. The molecule has 0 atom stereocenters. The Bertz CT molecular complexity index is 626. The molecule has 0 spiro atoms. The van der Waals surface area contributed by atoms with E-state index in [1.165, 1.54) is 0 Å². The average Bonchev–Trinajstić information content (AvgIpc) is 2.84. The van der Waals surface area contributed by atoms with E-state index in [-0.39, 0.29) is 0 Å². The van der Waals surface area contributed by atoms with E-state index in [4.69, 9.17) is 37.9 Å². The zero-order valence-electron chi connectivity index (χ0n) is 22.2. The van der Waals surface area contributed by atoms with Gasteiger partial charge in [-0.05, 0) is 26.3 Å². The van der Waals surface area contributed by atoms with Crippen LogP contribution in [-0.2, 0) is 44.5 Å². The molecule has 1 rings (SSSR count). The van der Waals surface area contributed by atoms with Gasteiger partial charge in [0.15, 0.2) is 0 Å². The van der Waals surface area contributed by atoms with E-state index in [0.717, 1.165) is 5.56 Å². The first-order chi connectivity index (χ1) is 17.5. The van der Waals surface area contributed by atoms with Crippen LogP contribution in [0.4, 0.5) is 4.79 Å². The first-order valence-corrected chi connectivity index (χ1v) is 12.5. The zero-order chi connectivity index (χ0) is 26.2. The first-order valence-electron chi connectivity index (χ1n) is 12.5. The fourth-order valence-electron chi connectivity index (χ4n) is 2.62. The van der Waals surface area contributed by atoms with E-state index >= 15 is 0 Å². The molecule has 0 bridgehead atoms. The molecule has 0 aliphatic rings. The van der Waals surface area contributed by atoms with Crippen LogP contribution >= 0.6 is 0 Å². The maximum atomic E-state index is 11.5. The summed E-state index contributed by atoms with van der Waals surface area (Å²) in [7, 11) is 0. The summed E-state index contributed by atoms with van der Waals surface area (Å²) in [5.41, 5.74) is 0.654. The van der Waals surface area contributed by atoms with Gasteiger partial charge in [-0.25, -0.2) is 4.79 Å². The Kier molecular flexibility index (Phi) is 20.1. The number of nitrogens with one attached hydrogen (secondary N) is 1. The molecule has 0 fully saturated rings. The minimum atomic E-state index is -0.503. The Morgan fingerprint density at radius 3 is 1.42 bits per heavy atom. The van der Waals surface area contributed by atoms with Crippen LogP contribution in [0.1, 0.15) is 26.3 Å². The maximum Gasteiger partial charge on any atom is 0.407 e. The van der Waals surface area contributed by atoms with Gasteiger partial charge in [-0.15, -0.1) is 0 Å². The van der Waals surface area contributed by atoms with Crippen molar-refractivity contribution < 1.29 is 42.7 Å². The van der Waals surface area contributed by atoms with Crippen LogP contribution in [0.25, 0.3) is 0 Å². The van der Waals surface area contributed by atoms with E-state index in [1.807, 2.05) is 51.1 Å². The summed E-state index contributed by atoms with van der Waals surface area (Å²) in [5.74, 6) is 0. The fourth-order valence-corrected chi connectivity index (χ4v) is 2.62. The lowest BCUT2D eigenvalue weighted by atomic mass is 10.2. The molecule has 36 heavy (non-hydrogen) atoms. The van der Waals surface area contributed by atoms with Gasteiger partial charge >= 0.3 is 6.09 Å². The summed E-state index contributed by atoms with van der Waals surface area (Å²) in [5, 5.41) is 2.63. The largest absolute Gasteiger partial charge is 0.444 e. The van der Waals surface area contributed by atoms with Gasteiger partial charge in [-0.3, -0.25) is 0 Å². The standard InChI is InChI=1S/C26H45NO9/c1-26(2,3)36-25(28)27-9-10-29-11-12-30-13-14-31-15-16-32-17-18-33-19-20-34-21-22-35-23-24-7-5-4-6-8-24/h4-8H,9-23H2,1-3H3,(H,27,28). The van der Waals surface area contributed by atoms with Crippen molar-refractivity contribution in [1.82, 2.24) is 5.32 Å². The summed E-state index contributed by atoms with van der Waals surface area (Å²) >= 11 is 0. The molecule has 0 aliphatic carbocycles. The normalized spacial score (nSPS) is 11.5. The van der Waals surface area contributed by atoms with Crippen molar-refractivity contribution in [2.75, 3.05) is 92.4 Å². The summed E-state index contributed by atoms with van der Waals surface area (Å²) in [6, 6.07) is 10.1. The van der Waals surface area contributed by atoms with Crippen LogP contribution < -0.4 is 5.32 Å². The minimum Gasteiger partial charge on any atom is -0.444 e. The molecule has 0 aromatic heterocycles. The second kappa shape index (κ2) is 22.4. The van der Waals surface area contributed by atoms with Gasteiger partial charge in [-0.1, -0.05) is 30.3 Å². The molecule has 1 N–H and O–H groups in total. The minimum absolute atomic E-state index is 0.391. The van der Waals surface area contributed by atoms with Gasteiger partial charge in [0.25, 0.3) is 0 Å². The highest BCUT2D eigenvalue weighted by Gasteiger charge is 2.15. The Balaban J connectivity index is 1.68. The number of hydrogen-bond acceptors (Lipinski definition) is 9. The predicted octanol–water partition coefficient (Wildman–Crippen LogP) is 2.83. The van der Waals surface area contributed by atoms with E-state index in [0.29, 0.717) is 99.0 Å². The number of rotatable bonds is 23. The Morgan fingerprint density at radius 2 is 1.00 bits per heavy atom. The molecule has 0 saturated heterocycles. The van der Waals surface area contributed by atoms with Gasteiger partial charge in [0, 0.05) is 6.54 Å². The summed E-state index contributed by atoms with van der Waals surface area (Å²) < 4.78 is 43.3. The van der Waals surface area contributed by atoms with Crippen LogP contribution in [-0.4, -0.2) is 104 Å². The monoisotopic (exact) mass is 515 g/mol. The summed E-state index contributed by atoms with van der Waals surface area (Å²) in [6.07, 6.45) is -0.447. The van der Waals surface area contributed by atoms with Gasteiger partial charge < -0.3 is 43.2 Å². The molecule has 10 nitrogen and oxygen atoms in total. The first kappa shape index (κ1) is 32.2. The third-order valence-electron chi connectivity index (χ3n) is 4.26. The van der Waals surface area contributed by atoms with Crippen LogP contribution in [0.5, 0.6) is 0 Å². The molecule has 0 saturated carbocycles. The van der Waals surface area contributed by atoms with Crippen molar-refractivity contribution >= 4 is 6.09 Å².